The number of allylic oxidation sites excluding steroid dienone is 4. The van der Waals surface area contributed by atoms with Gasteiger partial charge in [0.1, 0.15) is 6.10 Å². The Balaban J connectivity index is 3.50. The smallest absolute Gasteiger partial charge is 0.249 e. The van der Waals surface area contributed by atoms with E-state index >= 15 is 0 Å². The molecule has 0 aromatic carbocycles. The van der Waals surface area contributed by atoms with Gasteiger partial charge in [0.05, 0.1) is 18.8 Å². The summed E-state index contributed by atoms with van der Waals surface area (Å²) >= 11 is 0. The van der Waals surface area contributed by atoms with E-state index in [4.69, 9.17) is 0 Å². The summed E-state index contributed by atoms with van der Waals surface area (Å²) in [5.41, 5.74) is 0. The second-order valence-electron chi connectivity index (χ2n) is 16.3. The van der Waals surface area contributed by atoms with Gasteiger partial charge in [-0.2, -0.15) is 0 Å². The normalized spacial score (nSPS) is 13.7. The number of carbonyl (C=O) groups excluding carboxylic acids is 1. The molecule has 0 saturated heterocycles. The fourth-order valence-corrected chi connectivity index (χ4v) is 7.34. The lowest BCUT2D eigenvalue weighted by atomic mass is 10.0. The zero-order chi connectivity index (χ0) is 38.7. The Bertz CT molecular complexity index is 784. The first kappa shape index (κ1) is 51.8. The zero-order valence-corrected chi connectivity index (χ0v) is 35.7. The van der Waals surface area contributed by atoms with Crippen molar-refractivity contribution in [2.75, 3.05) is 6.61 Å². The maximum atomic E-state index is 12.4. The highest BCUT2D eigenvalue weighted by atomic mass is 16.3. The Hall–Kier alpha value is -1.17. The fourth-order valence-electron chi connectivity index (χ4n) is 7.34. The van der Waals surface area contributed by atoms with Gasteiger partial charge in [-0.25, -0.2) is 0 Å². The molecule has 3 atom stereocenters. The van der Waals surface area contributed by atoms with Gasteiger partial charge in [0.25, 0.3) is 0 Å². The van der Waals surface area contributed by atoms with E-state index in [2.05, 4.69) is 43.5 Å². The lowest BCUT2D eigenvalue weighted by Gasteiger charge is -2.23. The average Bonchev–Trinajstić information content (AvgIpc) is 3.16. The molecule has 0 radical (unpaired) electrons. The van der Waals surface area contributed by atoms with Crippen molar-refractivity contribution < 1.29 is 20.1 Å². The van der Waals surface area contributed by atoms with Crippen molar-refractivity contribution in [1.29, 1.82) is 0 Å². The second-order valence-corrected chi connectivity index (χ2v) is 16.3. The highest BCUT2D eigenvalue weighted by Crippen LogP contribution is 2.16. The minimum absolute atomic E-state index is 0.312. The summed E-state index contributed by atoms with van der Waals surface area (Å²) in [4.78, 5) is 12.4. The van der Waals surface area contributed by atoms with Crippen LogP contribution in [0.1, 0.15) is 251 Å². The van der Waals surface area contributed by atoms with Crippen LogP contribution in [0.4, 0.5) is 0 Å². The molecule has 0 bridgehead atoms. The standard InChI is InChI=1S/C48H93NO4/c1-3-5-7-9-11-13-14-15-16-17-18-19-20-21-22-23-24-25-26-27-28-29-30-31-32-33-35-37-39-41-43-47(52)48(53)49-45(44-50)46(51)42-40-38-36-34-12-10-8-6-4-2/h18-19,21-22,45-47,50-52H,3-17,20,23-44H2,1-2H3,(H,49,53)/b19-18-,22-21-. The predicted molar refractivity (Wildman–Crippen MR) is 231 cm³/mol. The van der Waals surface area contributed by atoms with E-state index in [9.17, 15) is 20.1 Å². The molecular formula is C48H93NO4. The molecule has 0 heterocycles. The molecule has 0 aliphatic heterocycles. The van der Waals surface area contributed by atoms with E-state index < -0.39 is 24.2 Å². The number of aliphatic hydroxyl groups excluding tert-OH is 3. The molecule has 1 amide bonds. The summed E-state index contributed by atoms with van der Waals surface area (Å²) in [6.45, 7) is 4.21. The first-order chi connectivity index (χ1) is 26.1. The van der Waals surface area contributed by atoms with Crippen LogP contribution < -0.4 is 5.32 Å². The zero-order valence-electron chi connectivity index (χ0n) is 35.7. The molecule has 0 fully saturated rings. The van der Waals surface area contributed by atoms with Crippen molar-refractivity contribution in [2.45, 2.75) is 270 Å². The van der Waals surface area contributed by atoms with Crippen LogP contribution >= 0.6 is 0 Å². The third-order valence-electron chi connectivity index (χ3n) is 11.1. The van der Waals surface area contributed by atoms with Crippen LogP contribution in [0.2, 0.25) is 0 Å². The monoisotopic (exact) mass is 748 g/mol. The van der Waals surface area contributed by atoms with Crippen molar-refractivity contribution in [2.24, 2.45) is 0 Å². The Morgan fingerprint density at radius 3 is 1.13 bits per heavy atom. The molecule has 314 valence electrons. The van der Waals surface area contributed by atoms with Gasteiger partial charge in [0, 0.05) is 0 Å². The molecule has 0 aromatic heterocycles. The molecule has 4 N–H and O–H groups in total. The summed E-state index contributed by atoms with van der Waals surface area (Å²) in [5.74, 6) is -0.472. The van der Waals surface area contributed by atoms with E-state index in [-0.39, 0.29) is 6.61 Å². The quantitative estimate of drug-likeness (QED) is 0.0369. The third kappa shape index (κ3) is 38.9. The van der Waals surface area contributed by atoms with Gasteiger partial charge in [0.2, 0.25) is 5.91 Å². The first-order valence-corrected chi connectivity index (χ1v) is 23.6. The van der Waals surface area contributed by atoms with E-state index in [0.29, 0.717) is 12.8 Å². The Morgan fingerprint density at radius 2 is 0.774 bits per heavy atom. The number of unbranched alkanes of at least 4 members (excludes halogenated alkanes) is 31. The molecule has 5 nitrogen and oxygen atoms in total. The van der Waals surface area contributed by atoms with Crippen molar-refractivity contribution in [3.05, 3.63) is 24.3 Å². The largest absolute Gasteiger partial charge is 0.394 e. The molecule has 0 rings (SSSR count). The lowest BCUT2D eigenvalue weighted by molar-refractivity contribution is -0.131. The van der Waals surface area contributed by atoms with Gasteiger partial charge in [-0.3, -0.25) is 4.79 Å². The maximum Gasteiger partial charge on any atom is 0.249 e. The molecule has 0 aliphatic rings. The fraction of sp³-hybridized carbons (Fsp3) is 0.896. The van der Waals surface area contributed by atoms with Crippen LogP contribution in [-0.4, -0.2) is 46.1 Å². The van der Waals surface area contributed by atoms with Crippen molar-refractivity contribution in [1.82, 2.24) is 5.32 Å². The summed E-state index contributed by atoms with van der Waals surface area (Å²) in [7, 11) is 0. The van der Waals surface area contributed by atoms with E-state index in [1.54, 1.807) is 0 Å². The summed E-state index contributed by atoms with van der Waals surface area (Å²) in [6, 6.07) is -0.708. The van der Waals surface area contributed by atoms with Crippen LogP contribution in [0, 0.1) is 0 Å². The molecule has 0 aromatic rings. The van der Waals surface area contributed by atoms with Crippen LogP contribution in [0.25, 0.3) is 0 Å². The summed E-state index contributed by atoms with van der Waals surface area (Å²) in [6.07, 6.45) is 53.5. The number of hydrogen-bond donors (Lipinski definition) is 4. The average molecular weight is 748 g/mol. The number of aliphatic hydroxyl groups is 3. The van der Waals surface area contributed by atoms with Crippen LogP contribution in [-0.2, 0) is 4.79 Å². The SMILES string of the molecule is CCCCCCCCCCC/C=C\C/C=C\CCCCCCCCCCCCCCCCC(O)C(=O)NC(CO)C(O)CCCCCCCCCCC. The van der Waals surface area contributed by atoms with Crippen LogP contribution in [0.5, 0.6) is 0 Å². The van der Waals surface area contributed by atoms with Gasteiger partial charge in [-0.15, -0.1) is 0 Å². The number of carbonyl (C=O) groups is 1. The highest BCUT2D eigenvalue weighted by Gasteiger charge is 2.23. The minimum atomic E-state index is -1.07. The van der Waals surface area contributed by atoms with Gasteiger partial charge in [0.15, 0.2) is 0 Å². The lowest BCUT2D eigenvalue weighted by Crippen LogP contribution is -2.49. The summed E-state index contributed by atoms with van der Waals surface area (Å²) in [5, 5.41) is 33.2. The Labute approximate surface area is 331 Å². The summed E-state index contributed by atoms with van der Waals surface area (Å²) < 4.78 is 0. The number of hydrogen-bond acceptors (Lipinski definition) is 4. The van der Waals surface area contributed by atoms with Gasteiger partial charge in [-0.1, -0.05) is 231 Å². The first-order valence-electron chi connectivity index (χ1n) is 23.6. The van der Waals surface area contributed by atoms with Crippen LogP contribution in [0.3, 0.4) is 0 Å². The predicted octanol–water partition coefficient (Wildman–Crippen LogP) is 13.8. The van der Waals surface area contributed by atoms with E-state index in [1.807, 2.05) is 0 Å². The van der Waals surface area contributed by atoms with Crippen LogP contribution in [0.15, 0.2) is 24.3 Å². The maximum absolute atomic E-state index is 12.4. The van der Waals surface area contributed by atoms with E-state index in [1.165, 1.54) is 186 Å². The number of rotatable bonds is 43. The third-order valence-corrected chi connectivity index (χ3v) is 11.1. The molecule has 5 heteroatoms. The molecule has 0 spiro atoms. The highest BCUT2D eigenvalue weighted by molar-refractivity contribution is 5.80. The van der Waals surface area contributed by atoms with Gasteiger partial charge >= 0.3 is 0 Å². The molecule has 0 aliphatic carbocycles. The molecular weight excluding hydrogens is 655 g/mol. The Kier molecular flexibility index (Phi) is 42.6. The Morgan fingerprint density at radius 1 is 0.453 bits per heavy atom. The van der Waals surface area contributed by atoms with Crippen molar-refractivity contribution in [3.63, 3.8) is 0 Å². The number of amides is 1. The second kappa shape index (κ2) is 43.6. The minimum Gasteiger partial charge on any atom is -0.394 e. The van der Waals surface area contributed by atoms with Crippen molar-refractivity contribution >= 4 is 5.91 Å². The molecule has 53 heavy (non-hydrogen) atoms. The van der Waals surface area contributed by atoms with Gasteiger partial charge < -0.3 is 20.6 Å². The number of nitrogens with one attached hydrogen (secondary N) is 1. The molecule has 0 saturated carbocycles. The molecule has 3 unspecified atom stereocenters. The van der Waals surface area contributed by atoms with Gasteiger partial charge in [-0.05, 0) is 44.9 Å². The van der Waals surface area contributed by atoms with Crippen molar-refractivity contribution in [3.8, 4) is 0 Å². The topological polar surface area (TPSA) is 89.8 Å². The van der Waals surface area contributed by atoms with E-state index in [0.717, 1.165) is 38.5 Å².